The zero-order valence-electron chi connectivity index (χ0n) is 11.6. The minimum atomic E-state index is -0.701. The molecule has 2 N–H and O–H groups in total. The summed E-state index contributed by atoms with van der Waals surface area (Å²) in [7, 11) is 0. The fraction of sp³-hybridized carbons (Fsp3) is 0.125. The molecule has 1 amide bonds. The third-order valence-corrected chi connectivity index (χ3v) is 2.91. The van der Waals surface area contributed by atoms with Crippen molar-refractivity contribution in [1.82, 2.24) is 0 Å². The lowest BCUT2D eigenvalue weighted by atomic mass is 10.2. The van der Waals surface area contributed by atoms with Crippen LogP contribution in [-0.2, 0) is 4.79 Å². The van der Waals surface area contributed by atoms with Gasteiger partial charge < -0.3 is 10.6 Å². The monoisotopic (exact) mass is 301 g/mol. The Balaban J connectivity index is 1.84. The Labute approximate surface area is 126 Å². The third-order valence-electron chi connectivity index (χ3n) is 2.91. The van der Waals surface area contributed by atoms with Gasteiger partial charge in [0.15, 0.2) is 0 Å². The molecule has 22 heavy (non-hydrogen) atoms. The van der Waals surface area contributed by atoms with E-state index in [1.165, 1.54) is 6.07 Å². The average Bonchev–Trinajstić information content (AvgIpc) is 2.51. The first kappa shape index (κ1) is 15.4. The van der Waals surface area contributed by atoms with Crippen LogP contribution < -0.4 is 10.6 Å². The predicted molar refractivity (Wildman–Crippen MR) is 79.3 cm³/mol. The number of para-hydroxylation sites is 1. The molecule has 0 spiro atoms. The van der Waals surface area contributed by atoms with Crippen LogP contribution in [0.2, 0.25) is 0 Å². The second kappa shape index (κ2) is 7.18. The van der Waals surface area contributed by atoms with E-state index < -0.39 is 11.6 Å². The summed E-state index contributed by atoms with van der Waals surface area (Å²) >= 11 is 0. The van der Waals surface area contributed by atoms with Gasteiger partial charge in [-0.25, -0.2) is 8.78 Å². The van der Waals surface area contributed by atoms with Crippen LogP contribution in [0.4, 0.5) is 20.2 Å². The zero-order chi connectivity index (χ0) is 15.9. The van der Waals surface area contributed by atoms with Gasteiger partial charge in [0.1, 0.15) is 17.3 Å². The van der Waals surface area contributed by atoms with E-state index in [9.17, 15) is 13.6 Å². The van der Waals surface area contributed by atoms with Crippen LogP contribution in [0.15, 0.2) is 42.5 Å². The van der Waals surface area contributed by atoms with Crippen molar-refractivity contribution in [2.24, 2.45) is 0 Å². The SMILES string of the molecule is N#Cc1ccc(NC(=O)CCNc2c(F)cccc2F)cc1. The summed E-state index contributed by atoms with van der Waals surface area (Å²) < 4.78 is 26.7. The van der Waals surface area contributed by atoms with Gasteiger partial charge in [0.05, 0.1) is 11.6 Å². The van der Waals surface area contributed by atoms with E-state index in [2.05, 4.69) is 10.6 Å². The smallest absolute Gasteiger partial charge is 0.226 e. The van der Waals surface area contributed by atoms with Crippen LogP contribution >= 0.6 is 0 Å². The third kappa shape index (κ3) is 4.03. The highest BCUT2D eigenvalue weighted by molar-refractivity contribution is 5.91. The van der Waals surface area contributed by atoms with Crippen LogP contribution in [0, 0.1) is 23.0 Å². The number of halogens is 2. The molecule has 112 valence electrons. The van der Waals surface area contributed by atoms with Crippen LogP contribution in [0.1, 0.15) is 12.0 Å². The number of hydrogen-bond acceptors (Lipinski definition) is 3. The summed E-state index contributed by atoms with van der Waals surface area (Å²) in [5, 5.41) is 13.9. The molecule has 0 aliphatic heterocycles. The Kier molecular flexibility index (Phi) is 5.04. The Morgan fingerprint density at radius 2 is 1.73 bits per heavy atom. The number of anilines is 2. The van der Waals surface area contributed by atoms with Crippen molar-refractivity contribution in [3.63, 3.8) is 0 Å². The van der Waals surface area contributed by atoms with E-state index in [0.29, 0.717) is 11.3 Å². The molecular formula is C16H13F2N3O. The summed E-state index contributed by atoms with van der Waals surface area (Å²) in [4.78, 5) is 11.7. The molecule has 0 saturated carbocycles. The van der Waals surface area contributed by atoms with Crippen molar-refractivity contribution in [2.45, 2.75) is 6.42 Å². The van der Waals surface area contributed by atoms with E-state index in [4.69, 9.17) is 5.26 Å². The van der Waals surface area contributed by atoms with E-state index in [0.717, 1.165) is 12.1 Å². The van der Waals surface area contributed by atoms with E-state index in [1.807, 2.05) is 6.07 Å². The van der Waals surface area contributed by atoms with Crippen LogP contribution in [0.25, 0.3) is 0 Å². The molecule has 0 atom stereocenters. The molecule has 0 aliphatic rings. The number of carbonyl (C=O) groups excluding carboxylic acids is 1. The lowest BCUT2D eigenvalue weighted by Crippen LogP contribution is -2.17. The average molecular weight is 301 g/mol. The Morgan fingerprint density at radius 1 is 1.09 bits per heavy atom. The van der Waals surface area contributed by atoms with E-state index >= 15 is 0 Å². The molecule has 4 nitrogen and oxygen atoms in total. The van der Waals surface area contributed by atoms with Gasteiger partial charge in [-0.15, -0.1) is 0 Å². The molecule has 6 heteroatoms. The summed E-state index contributed by atoms with van der Waals surface area (Å²) in [5.41, 5.74) is 0.810. The molecular weight excluding hydrogens is 288 g/mol. The molecule has 0 aromatic heterocycles. The van der Waals surface area contributed by atoms with Gasteiger partial charge in [-0.1, -0.05) is 6.07 Å². The van der Waals surface area contributed by atoms with Crippen LogP contribution in [0.3, 0.4) is 0 Å². The van der Waals surface area contributed by atoms with Crippen molar-refractivity contribution >= 4 is 17.3 Å². The molecule has 0 unspecified atom stereocenters. The first-order valence-corrected chi connectivity index (χ1v) is 6.58. The lowest BCUT2D eigenvalue weighted by Gasteiger charge is -2.09. The maximum atomic E-state index is 13.4. The first-order valence-electron chi connectivity index (χ1n) is 6.58. The summed E-state index contributed by atoms with van der Waals surface area (Å²) in [5.74, 6) is -1.70. The standard InChI is InChI=1S/C16H13F2N3O/c17-13-2-1-3-14(18)16(13)20-9-8-15(22)21-12-6-4-11(10-19)5-7-12/h1-7,20H,8-9H2,(H,21,22). The van der Waals surface area contributed by atoms with Gasteiger partial charge in [-0.05, 0) is 36.4 Å². The summed E-state index contributed by atoms with van der Waals surface area (Å²) in [6.45, 7) is 0.0972. The molecule has 0 aliphatic carbocycles. The molecule has 0 radical (unpaired) electrons. The lowest BCUT2D eigenvalue weighted by molar-refractivity contribution is -0.115. The number of nitrogens with one attached hydrogen (secondary N) is 2. The van der Waals surface area contributed by atoms with Crippen molar-refractivity contribution in [2.75, 3.05) is 17.2 Å². The Morgan fingerprint density at radius 3 is 2.32 bits per heavy atom. The van der Waals surface area contributed by atoms with Gasteiger partial charge in [-0.2, -0.15) is 5.26 Å². The van der Waals surface area contributed by atoms with Crippen molar-refractivity contribution < 1.29 is 13.6 Å². The molecule has 2 aromatic rings. The number of nitrogens with zero attached hydrogens (tertiary/aromatic N) is 1. The Hall–Kier alpha value is -2.94. The van der Waals surface area contributed by atoms with E-state index in [1.54, 1.807) is 24.3 Å². The fourth-order valence-electron chi connectivity index (χ4n) is 1.82. The minimum Gasteiger partial charge on any atom is -0.380 e. The predicted octanol–water partition coefficient (Wildman–Crippen LogP) is 3.28. The number of amides is 1. The van der Waals surface area contributed by atoms with Crippen molar-refractivity contribution in [1.29, 1.82) is 5.26 Å². The minimum absolute atomic E-state index is 0.0494. The fourth-order valence-corrected chi connectivity index (χ4v) is 1.82. The number of benzene rings is 2. The molecule has 2 aromatic carbocycles. The maximum Gasteiger partial charge on any atom is 0.226 e. The molecule has 0 heterocycles. The summed E-state index contributed by atoms with van der Waals surface area (Å²) in [6, 6.07) is 11.9. The van der Waals surface area contributed by atoms with E-state index in [-0.39, 0.29) is 24.6 Å². The van der Waals surface area contributed by atoms with Gasteiger partial charge >= 0.3 is 0 Å². The second-order valence-corrected chi connectivity index (χ2v) is 4.51. The molecule has 0 fully saturated rings. The number of carbonyl (C=O) groups is 1. The van der Waals surface area contributed by atoms with Gasteiger partial charge in [0.25, 0.3) is 0 Å². The highest BCUT2D eigenvalue weighted by Crippen LogP contribution is 2.17. The van der Waals surface area contributed by atoms with Gasteiger partial charge in [0, 0.05) is 18.7 Å². The second-order valence-electron chi connectivity index (χ2n) is 4.51. The number of nitriles is 1. The molecule has 2 rings (SSSR count). The van der Waals surface area contributed by atoms with Crippen molar-refractivity contribution in [3.8, 4) is 6.07 Å². The van der Waals surface area contributed by atoms with Crippen molar-refractivity contribution in [3.05, 3.63) is 59.7 Å². The number of hydrogen-bond donors (Lipinski definition) is 2. The molecule has 0 bridgehead atoms. The number of rotatable bonds is 5. The normalized spacial score (nSPS) is 9.86. The highest BCUT2D eigenvalue weighted by Gasteiger charge is 2.08. The quantitative estimate of drug-likeness (QED) is 0.890. The van der Waals surface area contributed by atoms with Crippen LogP contribution in [-0.4, -0.2) is 12.5 Å². The topological polar surface area (TPSA) is 64.9 Å². The Bertz CT molecular complexity index is 688. The maximum absolute atomic E-state index is 13.4. The first-order chi connectivity index (χ1) is 10.6. The van der Waals surface area contributed by atoms with Gasteiger partial charge in [-0.3, -0.25) is 4.79 Å². The summed E-state index contributed by atoms with van der Waals surface area (Å²) in [6.07, 6.45) is 0.0494. The largest absolute Gasteiger partial charge is 0.380 e. The highest BCUT2D eigenvalue weighted by atomic mass is 19.1. The zero-order valence-corrected chi connectivity index (χ0v) is 11.6. The van der Waals surface area contributed by atoms with Crippen LogP contribution in [0.5, 0.6) is 0 Å². The van der Waals surface area contributed by atoms with Gasteiger partial charge in [0.2, 0.25) is 5.91 Å². The molecule has 0 saturated heterocycles.